The zero-order valence-electron chi connectivity index (χ0n) is 12.8. The van der Waals surface area contributed by atoms with Crippen LogP contribution in [0.15, 0.2) is 60.9 Å². The zero-order chi connectivity index (χ0) is 17.8. The standard InChI is InChI=1S/C18H12F3N3O/c19-12-2-1-3-13(7-12)24-18(25)11-6-15(10-22-9-11)23-14-4-5-16(20)17(21)8-14/h1-10,23H,(H,24,25). The Morgan fingerprint density at radius 1 is 0.840 bits per heavy atom. The monoisotopic (exact) mass is 343 g/mol. The summed E-state index contributed by atoms with van der Waals surface area (Å²) in [4.78, 5) is 16.2. The van der Waals surface area contributed by atoms with Crippen molar-refractivity contribution in [1.82, 2.24) is 4.98 Å². The molecule has 0 aliphatic heterocycles. The summed E-state index contributed by atoms with van der Waals surface area (Å²) in [6.07, 6.45) is 2.77. The highest BCUT2D eigenvalue weighted by atomic mass is 19.2. The van der Waals surface area contributed by atoms with E-state index in [-0.39, 0.29) is 5.56 Å². The van der Waals surface area contributed by atoms with Crippen molar-refractivity contribution in [2.45, 2.75) is 0 Å². The van der Waals surface area contributed by atoms with Crippen molar-refractivity contribution in [2.24, 2.45) is 0 Å². The van der Waals surface area contributed by atoms with Crippen LogP contribution < -0.4 is 10.6 Å². The molecule has 0 saturated heterocycles. The van der Waals surface area contributed by atoms with Crippen molar-refractivity contribution in [2.75, 3.05) is 10.6 Å². The smallest absolute Gasteiger partial charge is 0.257 e. The third-order valence-corrected chi connectivity index (χ3v) is 3.29. The van der Waals surface area contributed by atoms with Gasteiger partial charge in [-0.3, -0.25) is 9.78 Å². The molecule has 2 N–H and O–H groups in total. The Balaban J connectivity index is 1.76. The van der Waals surface area contributed by atoms with Crippen molar-refractivity contribution in [3.8, 4) is 0 Å². The van der Waals surface area contributed by atoms with Gasteiger partial charge in [0.1, 0.15) is 5.82 Å². The highest BCUT2D eigenvalue weighted by Gasteiger charge is 2.09. The quantitative estimate of drug-likeness (QED) is 0.734. The molecule has 1 aromatic heterocycles. The van der Waals surface area contributed by atoms with Gasteiger partial charge in [0.25, 0.3) is 5.91 Å². The van der Waals surface area contributed by atoms with E-state index in [2.05, 4.69) is 15.6 Å². The van der Waals surface area contributed by atoms with Gasteiger partial charge in [-0.05, 0) is 36.4 Å². The van der Waals surface area contributed by atoms with Gasteiger partial charge in [0.15, 0.2) is 11.6 Å². The van der Waals surface area contributed by atoms with E-state index in [1.165, 1.54) is 42.7 Å². The van der Waals surface area contributed by atoms with Crippen LogP contribution in [0.1, 0.15) is 10.4 Å². The number of nitrogens with one attached hydrogen (secondary N) is 2. The van der Waals surface area contributed by atoms with E-state index >= 15 is 0 Å². The van der Waals surface area contributed by atoms with Gasteiger partial charge in [-0.25, -0.2) is 13.2 Å². The lowest BCUT2D eigenvalue weighted by molar-refractivity contribution is 0.102. The number of pyridine rings is 1. The molecule has 0 aliphatic carbocycles. The topological polar surface area (TPSA) is 54.0 Å². The number of carbonyl (C=O) groups is 1. The number of carbonyl (C=O) groups excluding carboxylic acids is 1. The first-order chi connectivity index (χ1) is 12.0. The molecule has 4 nitrogen and oxygen atoms in total. The maximum Gasteiger partial charge on any atom is 0.257 e. The maximum atomic E-state index is 13.2. The van der Waals surface area contributed by atoms with Gasteiger partial charge in [0.2, 0.25) is 0 Å². The van der Waals surface area contributed by atoms with E-state index in [0.29, 0.717) is 17.1 Å². The van der Waals surface area contributed by atoms with Gasteiger partial charge in [-0.2, -0.15) is 0 Å². The molecule has 3 rings (SSSR count). The van der Waals surface area contributed by atoms with E-state index in [4.69, 9.17) is 0 Å². The number of hydrogen-bond donors (Lipinski definition) is 2. The number of hydrogen-bond acceptors (Lipinski definition) is 3. The Kier molecular flexibility index (Phi) is 4.65. The summed E-state index contributed by atoms with van der Waals surface area (Å²) < 4.78 is 39.3. The average molecular weight is 343 g/mol. The lowest BCUT2D eigenvalue weighted by atomic mass is 10.2. The number of aromatic nitrogens is 1. The van der Waals surface area contributed by atoms with Crippen LogP contribution in [0.25, 0.3) is 0 Å². The summed E-state index contributed by atoms with van der Waals surface area (Å²) in [5.41, 5.74) is 1.25. The molecule has 126 valence electrons. The van der Waals surface area contributed by atoms with Crippen molar-refractivity contribution in [3.05, 3.63) is 83.9 Å². The average Bonchev–Trinajstić information content (AvgIpc) is 2.58. The highest BCUT2D eigenvalue weighted by molar-refractivity contribution is 6.04. The molecule has 7 heteroatoms. The van der Waals surface area contributed by atoms with E-state index in [1.54, 1.807) is 6.07 Å². The molecule has 0 radical (unpaired) electrons. The Bertz CT molecular complexity index is 931. The van der Waals surface area contributed by atoms with Crippen LogP contribution in [-0.2, 0) is 0 Å². The van der Waals surface area contributed by atoms with Crippen molar-refractivity contribution >= 4 is 23.0 Å². The molecule has 1 heterocycles. The van der Waals surface area contributed by atoms with E-state index in [0.717, 1.165) is 12.1 Å². The lowest BCUT2D eigenvalue weighted by Gasteiger charge is -2.09. The SMILES string of the molecule is O=C(Nc1cccc(F)c1)c1cncc(Nc2ccc(F)c(F)c2)c1. The van der Waals surface area contributed by atoms with Gasteiger partial charge in [-0.1, -0.05) is 6.07 Å². The van der Waals surface area contributed by atoms with Gasteiger partial charge < -0.3 is 10.6 Å². The normalized spacial score (nSPS) is 10.4. The molecule has 2 aromatic carbocycles. The summed E-state index contributed by atoms with van der Waals surface area (Å²) in [7, 11) is 0. The second kappa shape index (κ2) is 7.04. The van der Waals surface area contributed by atoms with E-state index in [1.807, 2.05) is 0 Å². The fourth-order valence-electron chi connectivity index (χ4n) is 2.14. The number of nitrogens with zero attached hydrogens (tertiary/aromatic N) is 1. The molecule has 0 fully saturated rings. The number of rotatable bonds is 4. The summed E-state index contributed by atoms with van der Waals surface area (Å²) in [5.74, 6) is -2.89. The lowest BCUT2D eigenvalue weighted by Crippen LogP contribution is -2.12. The molecular formula is C18H12F3N3O. The van der Waals surface area contributed by atoms with Crippen LogP contribution in [0.3, 0.4) is 0 Å². The Labute approximate surface area is 141 Å². The van der Waals surface area contributed by atoms with Crippen LogP contribution >= 0.6 is 0 Å². The minimum atomic E-state index is -0.988. The predicted molar refractivity (Wildman–Crippen MR) is 88.2 cm³/mol. The second-order valence-corrected chi connectivity index (χ2v) is 5.18. The van der Waals surface area contributed by atoms with Crippen molar-refractivity contribution < 1.29 is 18.0 Å². The molecule has 0 bridgehead atoms. The molecule has 0 spiro atoms. The Morgan fingerprint density at radius 2 is 1.68 bits per heavy atom. The molecular weight excluding hydrogens is 331 g/mol. The summed E-state index contributed by atoms with van der Waals surface area (Å²) in [6.45, 7) is 0. The Morgan fingerprint density at radius 3 is 2.44 bits per heavy atom. The van der Waals surface area contributed by atoms with Gasteiger partial charge in [-0.15, -0.1) is 0 Å². The third kappa shape index (κ3) is 4.14. The maximum absolute atomic E-state index is 13.2. The summed E-state index contributed by atoms with van der Waals surface area (Å²) in [5, 5.41) is 5.38. The van der Waals surface area contributed by atoms with Crippen LogP contribution in [0.4, 0.5) is 30.2 Å². The summed E-state index contributed by atoms with van der Waals surface area (Å²) in [6, 6.07) is 10.3. The molecule has 1 amide bonds. The van der Waals surface area contributed by atoms with Crippen LogP contribution in [-0.4, -0.2) is 10.9 Å². The van der Waals surface area contributed by atoms with E-state index < -0.39 is 23.4 Å². The van der Waals surface area contributed by atoms with Gasteiger partial charge in [0.05, 0.1) is 17.4 Å². The first-order valence-corrected chi connectivity index (χ1v) is 7.25. The number of amides is 1. The highest BCUT2D eigenvalue weighted by Crippen LogP contribution is 2.20. The number of anilines is 3. The minimum Gasteiger partial charge on any atom is -0.354 e. The fraction of sp³-hybridized carbons (Fsp3) is 0. The third-order valence-electron chi connectivity index (χ3n) is 3.29. The largest absolute Gasteiger partial charge is 0.354 e. The molecule has 0 unspecified atom stereocenters. The van der Waals surface area contributed by atoms with Gasteiger partial charge in [0, 0.05) is 23.6 Å². The molecule has 25 heavy (non-hydrogen) atoms. The van der Waals surface area contributed by atoms with Crippen LogP contribution in [0.5, 0.6) is 0 Å². The second-order valence-electron chi connectivity index (χ2n) is 5.18. The van der Waals surface area contributed by atoms with E-state index in [9.17, 15) is 18.0 Å². The molecule has 0 aliphatic rings. The van der Waals surface area contributed by atoms with Crippen LogP contribution in [0.2, 0.25) is 0 Å². The predicted octanol–water partition coefficient (Wildman–Crippen LogP) is 4.49. The fourth-order valence-corrected chi connectivity index (χ4v) is 2.14. The first kappa shape index (κ1) is 16.5. The summed E-state index contributed by atoms with van der Waals surface area (Å²) >= 11 is 0. The van der Waals surface area contributed by atoms with Gasteiger partial charge >= 0.3 is 0 Å². The minimum absolute atomic E-state index is 0.219. The van der Waals surface area contributed by atoms with Crippen molar-refractivity contribution in [1.29, 1.82) is 0 Å². The molecule has 3 aromatic rings. The number of benzene rings is 2. The molecule has 0 atom stereocenters. The zero-order valence-corrected chi connectivity index (χ0v) is 12.8. The Hall–Kier alpha value is -3.35. The molecule has 0 saturated carbocycles. The van der Waals surface area contributed by atoms with Crippen LogP contribution in [0, 0.1) is 17.5 Å². The van der Waals surface area contributed by atoms with Crippen molar-refractivity contribution in [3.63, 3.8) is 0 Å². The first-order valence-electron chi connectivity index (χ1n) is 7.25. The number of halogens is 3.